The molecular formula is C21H23F3N4O3. The fourth-order valence-corrected chi connectivity index (χ4v) is 3.07. The lowest BCUT2D eigenvalue weighted by Gasteiger charge is -2.18. The van der Waals surface area contributed by atoms with E-state index in [9.17, 15) is 22.8 Å². The van der Waals surface area contributed by atoms with Gasteiger partial charge in [-0.2, -0.15) is 13.2 Å². The van der Waals surface area contributed by atoms with E-state index in [4.69, 9.17) is 4.74 Å². The van der Waals surface area contributed by atoms with E-state index < -0.39 is 12.8 Å². The van der Waals surface area contributed by atoms with Crippen LogP contribution in [-0.4, -0.2) is 51.4 Å². The van der Waals surface area contributed by atoms with Gasteiger partial charge in [0, 0.05) is 37.0 Å². The SMILES string of the molecule is Cc1cc(C(=O)N(C)Cc2cnc(OCC(F)(F)F)c(C)c2)nc(CC(=O)C2CC2)n1. The number of carbonyl (C=O) groups excluding carboxylic acids is 2. The Bertz CT molecular complexity index is 990. The minimum absolute atomic E-state index is 0.0877. The fourth-order valence-electron chi connectivity index (χ4n) is 3.07. The van der Waals surface area contributed by atoms with Crippen LogP contribution in [0.4, 0.5) is 13.2 Å². The highest BCUT2D eigenvalue weighted by molar-refractivity contribution is 5.92. The Morgan fingerprint density at radius 2 is 1.90 bits per heavy atom. The third-order valence-electron chi connectivity index (χ3n) is 4.71. The summed E-state index contributed by atoms with van der Waals surface area (Å²) in [6.45, 7) is 2.07. The molecule has 1 fully saturated rings. The zero-order valence-corrected chi connectivity index (χ0v) is 17.5. The lowest BCUT2D eigenvalue weighted by Crippen LogP contribution is -2.28. The van der Waals surface area contributed by atoms with Crippen LogP contribution in [-0.2, 0) is 17.8 Å². The molecule has 1 aliphatic rings. The number of alkyl halides is 3. The number of hydrogen-bond donors (Lipinski definition) is 0. The summed E-state index contributed by atoms with van der Waals surface area (Å²) < 4.78 is 41.6. The molecule has 0 unspecified atom stereocenters. The number of nitrogens with zero attached hydrogens (tertiary/aromatic N) is 4. The van der Waals surface area contributed by atoms with Crippen LogP contribution >= 0.6 is 0 Å². The first-order valence-corrected chi connectivity index (χ1v) is 9.79. The van der Waals surface area contributed by atoms with Gasteiger partial charge in [-0.15, -0.1) is 0 Å². The topological polar surface area (TPSA) is 85.3 Å². The van der Waals surface area contributed by atoms with E-state index in [1.165, 1.54) is 11.1 Å². The van der Waals surface area contributed by atoms with E-state index in [1.54, 1.807) is 33.0 Å². The monoisotopic (exact) mass is 436 g/mol. The molecule has 1 saturated carbocycles. The summed E-state index contributed by atoms with van der Waals surface area (Å²) in [5, 5.41) is 0. The van der Waals surface area contributed by atoms with Crippen molar-refractivity contribution < 1.29 is 27.5 Å². The van der Waals surface area contributed by atoms with E-state index in [2.05, 4.69) is 15.0 Å². The Kier molecular flexibility index (Phi) is 6.56. The van der Waals surface area contributed by atoms with E-state index >= 15 is 0 Å². The zero-order chi connectivity index (χ0) is 22.8. The van der Waals surface area contributed by atoms with Gasteiger partial charge in [-0.05, 0) is 44.4 Å². The molecule has 0 N–H and O–H groups in total. The maximum absolute atomic E-state index is 12.8. The van der Waals surface area contributed by atoms with Gasteiger partial charge in [0.1, 0.15) is 17.3 Å². The molecule has 10 heteroatoms. The molecule has 0 saturated heterocycles. The molecule has 3 rings (SSSR count). The van der Waals surface area contributed by atoms with Crippen LogP contribution in [0.3, 0.4) is 0 Å². The van der Waals surface area contributed by atoms with Crippen LogP contribution in [0, 0.1) is 19.8 Å². The van der Waals surface area contributed by atoms with Crippen molar-refractivity contribution in [1.29, 1.82) is 0 Å². The van der Waals surface area contributed by atoms with E-state index in [1.807, 2.05) is 0 Å². The van der Waals surface area contributed by atoms with Crippen molar-refractivity contribution in [2.75, 3.05) is 13.7 Å². The van der Waals surface area contributed by atoms with Crippen molar-refractivity contribution in [3.05, 3.63) is 46.7 Å². The molecule has 31 heavy (non-hydrogen) atoms. The Hall–Kier alpha value is -3.04. The summed E-state index contributed by atoms with van der Waals surface area (Å²) in [5.41, 5.74) is 1.83. The molecular weight excluding hydrogens is 413 g/mol. The molecule has 7 nitrogen and oxygen atoms in total. The van der Waals surface area contributed by atoms with Gasteiger partial charge in [0.05, 0.1) is 6.42 Å². The normalized spacial score (nSPS) is 13.7. The largest absolute Gasteiger partial charge is 0.468 e. The maximum atomic E-state index is 12.8. The van der Waals surface area contributed by atoms with Gasteiger partial charge in [-0.1, -0.05) is 0 Å². The highest BCUT2D eigenvalue weighted by Crippen LogP contribution is 2.30. The second-order valence-electron chi connectivity index (χ2n) is 7.76. The van der Waals surface area contributed by atoms with Crippen molar-refractivity contribution in [3.8, 4) is 5.88 Å². The molecule has 0 bridgehead atoms. The number of halogens is 3. The predicted molar refractivity (Wildman–Crippen MR) is 105 cm³/mol. The molecule has 1 aliphatic carbocycles. The highest BCUT2D eigenvalue weighted by Gasteiger charge is 2.30. The number of aromatic nitrogens is 3. The summed E-state index contributed by atoms with van der Waals surface area (Å²) in [7, 11) is 1.58. The molecule has 166 valence electrons. The van der Waals surface area contributed by atoms with Crippen LogP contribution in [0.15, 0.2) is 18.3 Å². The summed E-state index contributed by atoms with van der Waals surface area (Å²) in [5.74, 6) is 0.0425. The van der Waals surface area contributed by atoms with Crippen molar-refractivity contribution in [2.24, 2.45) is 5.92 Å². The first kappa shape index (κ1) is 22.6. The van der Waals surface area contributed by atoms with Gasteiger partial charge in [0.2, 0.25) is 5.88 Å². The van der Waals surface area contributed by atoms with Crippen LogP contribution in [0.25, 0.3) is 0 Å². The molecule has 0 atom stereocenters. The average molecular weight is 436 g/mol. The Morgan fingerprint density at radius 3 is 2.52 bits per heavy atom. The Labute approximate surface area is 177 Å². The standard InChI is InChI=1S/C21H23F3N4O3/c1-12-6-14(9-25-19(12)31-11-21(22,23)24)10-28(3)20(30)16-7-13(2)26-18(27-16)8-17(29)15-4-5-15/h6-7,9,15H,4-5,8,10-11H2,1-3H3. The zero-order valence-electron chi connectivity index (χ0n) is 17.5. The number of ketones is 1. The number of pyridine rings is 1. The molecule has 2 aromatic rings. The van der Waals surface area contributed by atoms with Gasteiger partial charge in [-0.25, -0.2) is 15.0 Å². The molecule has 0 aliphatic heterocycles. The highest BCUT2D eigenvalue weighted by atomic mass is 19.4. The molecule has 1 amide bonds. The van der Waals surface area contributed by atoms with Crippen LogP contribution in [0.2, 0.25) is 0 Å². The average Bonchev–Trinajstić information content (AvgIpc) is 3.51. The Balaban J connectivity index is 1.66. The first-order chi connectivity index (χ1) is 14.5. The minimum Gasteiger partial charge on any atom is -0.468 e. The van der Waals surface area contributed by atoms with Gasteiger partial charge in [-0.3, -0.25) is 9.59 Å². The van der Waals surface area contributed by atoms with Gasteiger partial charge in [0.15, 0.2) is 6.61 Å². The number of carbonyl (C=O) groups is 2. The van der Waals surface area contributed by atoms with Crippen molar-refractivity contribution in [2.45, 2.75) is 45.8 Å². The number of rotatable bonds is 8. The molecule has 2 heterocycles. The van der Waals surface area contributed by atoms with E-state index in [0.29, 0.717) is 22.6 Å². The number of ether oxygens (including phenoxy) is 1. The maximum Gasteiger partial charge on any atom is 0.422 e. The van der Waals surface area contributed by atoms with Gasteiger partial charge < -0.3 is 9.64 Å². The summed E-state index contributed by atoms with van der Waals surface area (Å²) in [6, 6.07) is 3.18. The quantitative estimate of drug-likeness (QED) is 0.632. The van der Waals surface area contributed by atoms with Crippen molar-refractivity contribution in [1.82, 2.24) is 19.9 Å². The van der Waals surface area contributed by atoms with E-state index in [-0.39, 0.29) is 42.1 Å². The number of aryl methyl sites for hydroxylation is 2. The van der Waals surface area contributed by atoms with Crippen molar-refractivity contribution in [3.63, 3.8) is 0 Å². The van der Waals surface area contributed by atoms with Crippen LogP contribution in [0.5, 0.6) is 5.88 Å². The summed E-state index contributed by atoms with van der Waals surface area (Å²) in [4.78, 5) is 38.7. The second-order valence-corrected chi connectivity index (χ2v) is 7.76. The number of Topliss-reactive ketones (excluding diaryl/α,β-unsaturated/α-hetero) is 1. The summed E-state index contributed by atoms with van der Waals surface area (Å²) in [6.07, 6.45) is -1.18. The molecule has 0 radical (unpaired) electrons. The molecule has 2 aromatic heterocycles. The van der Waals surface area contributed by atoms with Crippen LogP contribution < -0.4 is 4.74 Å². The fraction of sp³-hybridized carbons (Fsp3) is 0.476. The minimum atomic E-state index is -4.45. The predicted octanol–water partition coefficient (Wildman–Crippen LogP) is 3.22. The smallest absolute Gasteiger partial charge is 0.422 e. The third-order valence-corrected chi connectivity index (χ3v) is 4.71. The Morgan fingerprint density at radius 1 is 1.19 bits per heavy atom. The molecule has 0 spiro atoms. The first-order valence-electron chi connectivity index (χ1n) is 9.79. The lowest BCUT2D eigenvalue weighted by atomic mass is 10.1. The molecule has 0 aromatic carbocycles. The van der Waals surface area contributed by atoms with E-state index in [0.717, 1.165) is 12.8 Å². The third kappa shape index (κ3) is 6.47. The summed E-state index contributed by atoms with van der Waals surface area (Å²) >= 11 is 0. The lowest BCUT2D eigenvalue weighted by molar-refractivity contribution is -0.154. The van der Waals surface area contributed by atoms with Crippen molar-refractivity contribution >= 4 is 11.7 Å². The van der Waals surface area contributed by atoms with Gasteiger partial charge in [0.25, 0.3) is 5.91 Å². The number of hydrogen-bond acceptors (Lipinski definition) is 6. The second kappa shape index (κ2) is 8.99. The number of amides is 1. The van der Waals surface area contributed by atoms with Crippen LogP contribution in [0.1, 0.15) is 46.0 Å². The van der Waals surface area contributed by atoms with Gasteiger partial charge >= 0.3 is 6.18 Å².